The van der Waals surface area contributed by atoms with Gasteiger partial charge in [0.1, 0.15) is 0 Å². The van der Waals surface area contributed by atoms with Crippen molar-refractivity contribution < 1.29 is 49.0 Å². The molecule has 0 spiro atoms. The van der Waals surface area contributed by atoms with Crippen LogP contribution in [0.4, 0.5) is 0 Å². The van der Waals surface area contributed by atoms with Gasteiger partial charge in [-0.05, 0) is 10.8 Å². The fourth-order valence-corrected chi connectivity index (χ4v) is 3.80. The normalized spacial score (nSPS) is 11.7. The maximum absolute atomic E-state index is 5.51. The van der Waals surface area contributed by atoms with Crippen LogP contribution in [0.25, 0.3) is 21.5 Å². The average Bonchev–Trinajstić information content (AvgIpc) is 3.51. The van der Waals surface area contributed by atoms with E-state index >= 15 is 0 Å². The van der Waals surface area contributed by atoms with Crippen LogP contribution in [0.5, 0.6) is 0 Å². The first kappa shape index (κ1) is 35.6. The van der Waals surface area contributed by atoms with E-state index in [1.165, 1.54) is 56.9 Å². The molecule has 1 aliphatic carbocycles. The molecule has 0 amide bonds. The predicted octanol–water partition coefficient (Wildman–Crippen LogP) is 3.73. The molecule has 0 bridgehead atoms. The minimum absolute atomic E-state index is 0. The molecule has 0 fully saturated rings. The fraction of sp³-hybridized carbons (Fsp3) is 0.273. The Kier molecular flexibility index (Phi) is 16.0. The van der Waals surface area contributed by atoms with E-state index in [9.17, 15) is 0 Å². The summed E-state index contributed by atoms with van der Waals surface area (Å²) in [5, 5.41) is 6.21. The van der Waals surface area contributed by atoms with E-state index in [0.717, 1.165) is 11.4 Å². The monoisotopic (exact) mass is 627 g/mol. The first-order valence-corrected chi connectivity index (χ1v) is 14.0. The Balaban J connectivity index is 0.000000668. The topological polar surface area (TPSA) is 0 Å². The Morgan fingerprint density at radius 2 is 1.35 bits per heavy atom. The summed E-state index contributed by atoms with van der Waals surface area (Å²) in [6.45, 7) is 13.6. The van der Waals surface area contributed by atoms with E-state index in [-0.39, 0.29) is 35.6 Å². The van der Waals surface area contributed by atoms with Crippen molar-refractivity contribution in [1.82, 2.24) is 0 Å². The summed E-state index contributed by atoms with van der Waals surface area (Å²) >= 11 is 6.81. The molecular formula is C33H36Cl3Zr-3. The number of halogens is 3. The first-order chi connectivity index (χ1) is 16.6. The largest absolute Gasteiger partial charge is 1.00 e. The van der Waals surface area contributed by atoms with Crippen LogP contribution in [-0.2, 0) is 35.1 Å². The summed E-state index contributed by atoms with van der Waals surface area (Å²) in [6.07, 6.45) is 10.0. The minimum Gasteiger partial charge on any atom is -1.00 e. The molecule has 4 aromatic rings. The van der Waals surface area contributed by atoms with E-state index in [2.05, 4.69) is 106 Å². The zero-order valence-electron chi connectivity index (χ0n) is 22.6. The fourth-order valence-electron chi connectivity index (χ4n) is 3.67. The van der Waals surface area contributed by atoms with Crippen LogP contribution in [-0.4, -0.2) is 4.21 Å². The zero-order chi connectivity index (χ0) is 26.1. The molecule has 0 saturated carbocycles. The van der Waals surface area contributed by atoms with Crippen molar-refractivity contribution in [2.24, 2.45) is 0 Å². The Bertz CT molecular complexity index is 1190. The molecule has 0 aliphatic heterocycles. The molecule has 5 rings (SSSR count). The molecular weight excluding hydrogens is 594 g/mol. The van der Waals surface area contributed by atoms with Crippen molar-refractivity contribution in [3.63, 3.8) is 0 Å². The molecule has 0 aromatic heterocycles. The van der Waals surface area contributed by atoms with Crippen LogP contribution in [0.2, 0.25) is 5.02 Å². The summed E-state index contributed by atoms with van der Waals surface area (Å²) in [7, 11) is 0. The third kappa shape index (κ3) is 11.1. The van der Waals surface area contributed by atoms with Gasteiger partial charge in [0.05, 0.1) is 0 Å². The molecule has 37 heavy (non-hydrogen) atoms. The van der Waals surface area contributed by atoms with Gasteiger partial charge in [-0.1, -0.05) is 82.0 Å². The maximum atomic E-state index is 5.51. The second-order valence-corrected chi connectivity index (χ2v) is 10.9. The summed E-state index contributed by atoms with van der Waals surface area (Å²) in [6, 6.07) is 26.2. The molecule has 0 radical (unpaired) electrons. The van der Waals surface area contributed by atoms with Crippen molar-refractivity contribution in [1.29, 1.82) is 0 Å². The van der Waals surface area contributed by atoms with Gasteiger partial charge in [-0.15, -0.1) is 46.2 Å². The predicted molar refractivity (Wildman–Crippen MR) is 153 cm³/mol. The van der Waals surface area contributed by atoms with Crippen molar-refractivity contribution in [3.8, 4) is 0 Å². The van der Waals surface area contributed by atoms with Crippen LogP contribution < -0.4 is 24.8 Å². The molecule has 0 N–H and O–H groups in total. The Morgan fingerprint density at radius 1 is 0.838 bits per heavy atom. The van der Waals surface area contributed by atoms with Crippen molar-refractivity contribution in [2.75, 3.05) is 0 Å². The number of hydrogen-bond acceptors (Lipinski definition) is 0. The SMILES string of the molecule is CC(C)(C)c1ccc2c(c1)[cH-]c1cc(C(C)(C)C)ccc12.Clc1c[c-]ccc1.[C-]1=CC=CC1.[CH2]=[Zr+2].[Cl-].[Cl-]. The summed E-state index contributed by atoms with van der Waals surface area (Å²) in [5.41, 5.74) is 3.21. The third-order valence-electron chi connectivity index (χ3n) is 5.69. The number of hydrogen-bond donors (Lipinski definition) is 0. The molecule has 0 unspecified atom stereocenters. The van der Waals surface area contributed by atoms with Crippen LogP contribution in [0.15, 0.2) is 85.0 Å². The van der Waals surface area contributed by atoms with Crippen LogP contribution in [0, 0.1) is 12.1 Å². The van der Waals surface area contributed by atoms with Gasteiger partial charge < -0.3 is 24.8 Å². The van der Waals surface area contributed by atoms with Crippen molar-refractivity contribution in [2.45, 2.75) is 58.8 Å². The molecule has 0 nitrogen and oxygen atoms in total. The molecule has 4 aromatic carbocycles. The smallest absolute Gasteiger partial charge is 1.00 e. The van der Waals surface area contributed by atoms with Crippen LogP contribution >= 0.6 is 11.6 Å². The standard InChI is InChI=1S/C21H25.C6H4Cl.C5H5.CH2.2ClH.Zr/c1-20(2,3)16-7-9-18-14(12-16)11-15-13-17(21(4,5)6)8-10-19(15)18;7-6-4-2-1-3-5-6;1-2-4-5-3-1;;;;/h7-13H,1-6H3;1-2,4-5H;1-3H,4H2;1H2;2*1H;/q3*-1;;;;+2/p-2. The van der Waals surface area contributed by atoms with E-state index in [1.807, 2.05) is 30.4 Å². The first-order valence-electron chi connectivity index (χ1n) is 11.9. The van der Waals surface area contributed by atoms with Gasteiger partial charge in [-0.25, -0.2) is 12.2 Å². The number of fused-ring (bicyclic) bond motifs is 3. The van der Waals surface area contributed by atoms with E-state index in [1.54, 1.807) is 6.07 Å². The number of benzene rings is 3. The van der Waals surface area contributed by atoms with Gasteiger partial charge in [-0.2, -0.15) is 48.0 Å². The second kappa shape index (κ2) is 16.6. The van der Waals surface area contributed by atoms with Crippen molar-refractivity contribution >= 4 is 37.4 Å². The number of allylic oxidation sites excluding steroid dienone is 4. The van der Waals surface area contributed by atoms with Crippen LogP contribution in [0.3, 0.4) is 0 Å². The molecule has 4 heteroatoms. The van der Waals surface area contributed by atoms with Gasteiger partial charge >= 0.3 is 28.4 Å². The summed E-state index contributed by atoms with van der Waals surface area (Å²) in [4.78, 5) is 0. The summed E-state index contributed by atoms with van der Waals surface area (Å²) in [5.74, 6) is 0. The minimum atomic E-state index is 0. The molecule has 0 heterocycles. The summed E-state index contributed by atoms with van der Waals surface area (Å²) < 4.78 is 3.34. The Morgan fingerprint density at radius 3 is 1.62 bits per heavy atom. The van der Waals surface area contributed by atoms with E-state index in [4.69, 9.17) is 11.6 Å². The third-order valence-corrected chi connectivity index (χ3v) is 5.93. The second-order valence-electron chi connectivity index (χ2n) is 10.5. The van der Waals surface area contributed by atoms with Gasteiger partial charge in [0.2, 0.25) is 0 Å². The molecule has 0 atom stereocenters. The van der Waals surface area contributed by atoms with E-state index < -0.39 is 0 Å². The quantitative estimate of drug-likeness (QED) is 0.260. The van der Waals surface area contributed by atoms with Gasteiger partial charge in [0.25, 0.3) is 0 Å². The van der Waals surface area contributed by atoms with E-state index in [0.29, 0.717) is 0 Å². The van der Waals surface area contributed by atoms with Crippen molar-refractivity contribution in [3.05, 3.63) is 113 Å². The maximum Gasteiger partial charge on any atom is -1.00 e. The molecule has 1 aliphatic rings. The van der Waals surface area contributed by atoms with Gasteiger partial charge in [-0.3, -0.25) is 6.08 Å². The molecule has 196 valence electrons. The molecule has 0 saturated heterocycles. The Labute approximate surface area is 256 Å². The van der Waals surface area contributed by atoms with Crippen LogP contribution in [0.1, 0.15) is 59.1 Å². The Hall–Kier alpha value is -1.37. The van der Waals surface area contributed by atoms with Gasteiger partial charge in [0.15, 0.2) is 0 Å². The zero-order valence-corrected chi connectivity index (χ0v) is 27.4. The average molecular weight is 630 g/mol. The van der Waals surface area contributed by atoms with Gasteiger partial charge in [0, 0.05) is 0 Å². The number of rotatable bonds is 0.